The molecule has 2 aromatic rings. The molecule has 0 aromatic heterocycles. The maximum atomic E-state index is 6.24. The molecule has 2 atom stereocenters. The molecule has 0 saturated carbocycles. The summed E-state index contributed by atoms with van der Waals surface area (Å²) in [5, 5.41) is 0. The van der Waals surface area contributed by atoms with Crippen LogP contribution in [0.3, 0.4) is 0 Å². The highest BCUT2D eigenvalue weighted by Crippen LogP contribution is 2.33. The quantitative estimate of drug-likeness (QED) is 0.233. The van der Waals surface area contributed by atoms with Crippen molar-refractivity contribution in [1.82, 2.24) is 0 Å². The lowest BCUT2D eigenvalue weighted by Gasteiger charge is -2.42. The molecule has 0 N–H and O–H groups in total. The van der Waals surface area contributed by atoms with Gasteiger partial charge in [-0.15, -0.1) is 0 Å². The van der Waals surface area contributed by atoms with E-state index in [1.54, 1.807) is 0 Å². The summed E-state index contributed by atoms with van der Waals surface area (Å²) in [7, 11) is 4.61. The summed E-state index contributed by atoms with van der Waals surface area (Å²) in [6, 6.07) is 21.3. The topological polar surface area (TPSA) is 18.5 Å². The second-order valence-corrected chi connectivity index (χ2v) is 8.74. The zero-order chi connectivity index (χ0) is 21.7. The Kier molecular flexibility index (Phi) is 13.6. The summed E-state index contributed by atoms with van der Waals surface area (Å²) < 4.78 is 12.9. The maximum Gasteiger partial charge on any atom is 0.190 e. The van der Waals surface area contributed by atoms with Crippen LogP contribution >= 0.6 is 0 Å². The van der Waals surface area contributed by atoms with Gasteiger partial charge in [0.25, 0.3) is 0 Å². The van der Waals surface area contributed by atoms with Crippen LogP contribution in [0.15, 0.2) is 60.7 Å². The van der Waals surface area contributed by atoms with E-state index in [4.69, 9.17) is 9.47 Å². The molecule has 2 unspecified atom stereocenters. The molecular weight excluding hydrogens is 406 g/mol. The van der Waals surface area contributed by atoms with Gasteiger partial charge >= 0.3 is 0 Å². The van der Waals surface area contributed by atoms with Crippen LogP contribution in [-0.2, 0) is 4.74 Å². The van der Waals surface area contributed by atoms with Crippen LogP contribution < -0.4 is 17.1 Å². The molecule has 0 heterocycles. The van der Waals surface area contributed by atoms with Crippen molar-refractivity contribution in [1.29, 1.82) is 0 Å². The molecule has 0 radical (unpaired) electrons. The summed E-state index contributed by atoms with van der Waals surface area (Å²) in [5.74, 6) is 0.896. The van der Waals surface area contributed by atoms with E-state index < -0.39 is 0 Å². The van der Waals surface area contributed by atoms with E-state index in [-0.39, 0.29) is 18.6 Å². The minimum Gasteiger partial charge on any atom is -1.00 e. The van der Waals surface area contributed by atoms with Gasteiger partial charge in [-0.25, -0.2) is 0 Å². The van der Waals surface area contributed by atoms with Gasteiger partial charge in [0.1, 0.15) is 18.4 Å². The summed E-state index contributed by atoms with van der Waals surface area (Å²) >= 11 is 0. The summed E-state index contributed by atoms with van der Waals surface area (Å²) in [4.78, 5) is 0. The van der Waals surface area contributed by atoms with Crippen LogP contribution in [0.5, 0.6) is 5.75 Å². The summed E-state index contributed by atoms with van der Waals surface area (Å²) in [6.07, 6.45) is 9.26. The Balaban J connectivity index is 0.00000480. The molecule has 0 bridgehead atoms. The van der Waals surface area contributed by atoms with Crippen LogP contribution in [0, 0.1) is 0 Å². The molecule has 2 aromatic carbocycles. The number of hydrogen-bond donors (Lipinski definition) is 0. The molecule has 0 fully saturated rings. The van der Waals surface area contributed by atoms with Crippen molar-refractivity contribution in [3.8, 4) is 5.75 Å². The van der Waals surface area contributed by atoms with Gasteiger partial charge in [-0.05, 0) is 18.6 Å². The lowest BCUT2D eigenvalue weighted by Crippen LogP contribution is -3.00. The second kappa shape index (κ2) is 15.3. The third-order valence-corrected chi connectivity index (χ3v) is 6.21. The first-order valence-electron chi connectivity index (χ1n) is 11.7. The first-order chi connectivity index (χ1) is 14.6. The van der Waals surface area contributed by atoms with E-state index in [1.807, 2.05) is 30.3 Å². The van der Waals surface area contributed by atoms with Crippen molar-refractivity contribution in [2.75, 3.05) is 27.3 Å². The highest BCUT2D eigenvalue weighted by molar-refractivity contribution is 5.20. The number of unbranched alkanes of at least 4 members (excludes halogenated alkanes) is 5. The van der Waals surface area contributed by atoms with Crippen LogP contribution in [0.2, 0.25) is 0 Å². The molecule has 3 nitrogen and oxygen atoms in total. The van der Waals surface area contributed by atoms with E-state index >= 15 is 0 Å². The van der Waals surface area contributed by atoms with Crippen molar-refractivity contribution in [2.45, 2.75) is 71.1 Å². The number of para-hydroxylation sites is 1. The Bertz CT molecular complexity index is 678. The highest BCUT2D eigenvalue weighted by Gasteiger charge is 2.35. The van der Waals surface area contributed by atoms with Gasteiger partial charge in [0.15, 0.2) is 6.23 Å². The lowest BCUT2D eigenvalue weighted by atomic mass is 9.96. The Morgan fingerprint density at radius 2 is 1.35 bits per heavy atom. The van der Waals surface area contributed by atoms with Crippen LogP contribution in [-0.4, -0.2) is 38.0 Å². The zero-order valence-electron chi connectivity index (χ0n) is 19.9. The van der Waals surface area contributed by atoms with Gasteiger partial charge in [0.05, 0.1) is 20.7 Å². The summed E-state index contributed by atoms with van der Waals surface area (Å²) in [6.45, 7) is 5.63. The molecule has 2 rings (SSSR count). The van der Waals surface area contributed by atoms with Crippen molar-refractivity contribution >= 4 is 0 Å². The largest absolute Gasteiger partial charge is 1.00 e. The fourth-order valence-corrected chi connectivity index (χ4v) is 4.02. The van der Waals surface area contributed by atoms with Crippen LogP contribution in [0.4, 0.5) is 0 Å². The Labute approximate surface area is 196 Å². The Morgan fingerprint density at radius 3 is 2.00 bits per heavy atom. The molecule has 4 heteroatoms. The first-order valence-corrected chi connectivity index (χ1v) is 11.7. The number of rotatable bonds is 15. The molecule has 31 heavy (non-hydrogen) atoms. The normalized spacial score (nSPS) is 13.3. The average Bonchev–Trinajstić information content (AvgIpc) is 2.77. The Hall–Kier alpha value is -1.55. The van der Waals surface area contributed by atoms with Crippen molar-refractivity contribution < 1.29 is 26.4 Å². The maximum absolute atomic E-state index is 6.24. The SMILES string of the molecule is CCCCCCCCC(c1ccccc1)[N+](C)(C)C(C)OCCOc1ccccc1.[Cl-]. The number of halogens is 1. The number of nitrogens with zero attached hydrogens (tertiary/aromatic N) is 1. The molecule has 0 spiro atoms. The predicted molar refractivity (Wildman–Crippen MR) is 127 cm³/mol. The monoisotopic (exact) mass is 447 g/mol. The predicted octanol–water partition coefficient (Wildman–Crippen LogP) is 4.00. The molecule has 0 aliphatic rings. The van der Waals surface area contributed by atoms with Gasteiger partial charge in [0.2, 0.25) is 0 Å². The van der Waals surface area contributed by atoms with E-state index in [2.05, 4.69) is 58.3 Å². The fraction of sp³-hybridized carbons (Fsp3) is 0.556. The molecule has 0 aliphatic carbocycles. The van der Waals surface area contributed by atoms with Crippen molar-refractivity contribution in [3.63, 3.8) is 0 Å². The molecular formula is C27H42ClNO2. The highest BCUT2D eigenvalue weighted by atomic mass is 35.5. The second-order valence-electron chi connectivity index (χ2n) is 8.74. The van der Waals surface area contributed by atoms with Gasteiger partial charge < -0.3 is 21.9 Å². The number of quaternary nitrogens is 1. The zero-order valence-corrected chi connectivity index (χ0v) is 20.7. The van der Waals surface area contributed by atoms with Crippen molar-refractivity contribution in [2.24, 2.45) is 0 Å². The fourth-order valence-electron chi connectivity index (χ4n) is 4.02. The standard InChI is InChI=1S/C27H42NO2.ClH/c1-5-6-7-8-9-16-21-27(25-17-12-10-13-18-25)28(3,4)24(2)29-22-23-30-26-19-14-11-15-20-26;/h10-15,17-20,24,27H,5-9,16,21-23H2,1-4H3;1H/q+1;/p-1. The third kappa shape index (κ3) is 9.64. The minimum absolute atomic E-state index is 0. The average molecular weight is 448 g/mol. The van der Waals surface area contributed by atoms with E-state index in [1.165, 1.54) is 50.5 Å². The van der Waals surface area contributed by atoms with Gasteiger partial charge in [-0.1, -0.05) is 87.6 Å². The molecule has 0 aliphatic heterocycles. The number of benzene rings is 2. The van der Waals surface area contributed by atoms with E-state index in [0.29, 0.717) is 19.3 Å². The lowest BCUT2D eigenvalue weighted by molar-refractivity contribution is -0.964. The van der Waals surface area contributed by atoms with Crippen LogP contribution in [0.1, 0.15) is 70.4 Å². The number of hydrogen-bond acceptors (Lipinski definition) is 2. The van der Waals surface area contributed by atoms with E-state index in [9.17, 15) is 0 Å². The first kappa shape index (κ1) is 27.5. The van der Waals surface area contributed by atoms with Crippen LogP contribution in [0.25, 0.3) is 0 Å². The van der Waals surface area contributed by atoms with Gasteiger partial charge in [0, 0.05) is 18.9 Å². The minimum atomic E-state index is 0. The smallest absolute Gasteiger partial charge is 0.190 e. The number of ether oxygens (including phenoxy) is 2. The summed E-state index contributed by atoms with van der Waals surface area (Å²) in [5.41, 5.74) is 1.41. The molecule has 0 amide bonds. The van der Waals surface area contributed by atoms with E-state index in [0.717, 1.165) is 10.2 Å². The van der Waals surface area contributed by atoms with Gasteiger partial charge in [-0.3, -0.25) is 4.48 Å². The van der Waals surface area contributed by atoms with Crippen molar-refractivity contribution in [3.05, 3.63) is 66.2 Å². The third-order valence-electron chi connectivity index (χ3n) is 6.21. The molecule has 174 valence electrons. The van der Waals surface area contributed by atoms with Gasteiger partial charge in [-0.2, -0.15) is 0 Å². The molecule has 0 saturated heterocycles. The Morgan fingerprint density at radius 1 is 0.774 bits per heavy atom.